The number of carbonyl (C=O) groups excluding carboxylic acids is 1. The number of rotatable bonds is 4. The molecule has 1 unspecified atom stereocenters. The van der Waals surface area contributed by atoms with Gasteiger partial charge in [-0.25, -0.2) is 0 Å². The van der Waals surface area contributed by atoms with Gasteiger partial charge in [0.25, 0.3) is 0 Å². The van der Waals surface area contributed by atoms with Crippen LogP contribution in [0.15, 0.2) is 30.5 Å². The quantitative estimate of drug-likeness (QED) is 0.913. The minimum absolute atomic E-state index is 0.0266. The van der Waals surface area contributed by atoms with Gasteiger partial charge in [0.2, 0.25) is 5.91 Å². The molecule has 1 atom stereocenters. The first kappa shape index (κ1) is 13.9. The largest absolute Gasteiger partial charge is 0.352 e. The van der Waals surface area contributed by atoms with Crippen molar-refractivity contribution in [3.8, 4) is 0 Å². The lowest BCUT2D eigenvalue weighted by atomic mass is 10.1. The standard InChI is InChI=1S/C15H19ClN2O/c1-10(2)11(3)17-15(19)9-18-7-6-12-4-5-13(16)8-14(12)18/h4-8,10-11H,9H2,1-3H3,(H,17,19). The number of hydrogen-bond donors (Lipinski definition) is 1. The Morgan fingerprint density at radius 1 is 1.32 bits per heavy atom. The van der Waals surface area contributed by atoms with Crippen molar-refractivity contribution < 1.29 is 4.79 Å². The predicted molar refractivity (Wildman–Crippen MR) is 79.4 cm³/mol. The van der Waals surface area contributed by atoms with Gasteiger partial charge in [-0.2, -0.15) is 0 Å². The van der Waals surface area contributed by atoms with Crippen molar-refractivity contribution in [2.24, 2.45) is 5.92 Å². The Kier molecular flexibility index (Phi) is 4.15. The molecule has 0 aliphatic heterocycles. The molecule has 0 radical (unpaired) electrons. The number of hydrogen-bond acceptors (Lipinski definition) is 1. The van der Waals surface area contributed by atoms with E-state index in [1.54, 1.807) is 0 Å². The van der Waals surface area contributed by atoms with Gasteiger partial charge in [-0.1, -0.05) is 31.5 Å². The predicted octanol–water partition coefficient (Wildman–Crippen LogP) is 3.46. The fourth-order valence-electron chi connectivity index (χ4n) is 1.92. The molecule has 0 spiro atoms. The molecule has 1 heterocycles. The number of nitrogens with one attached hydrogen (secondary N) is 1. The zero-order valence-electron chi connectivity index (χ0n) is 11.5. The molecule has 0 aliphatic rings. The Hall–Kier alpha value is -1.48. The minimum atomic E-state index is 0.0266. The fourth-order valence-corrected chi connectivity index (χ4v) is 2.08. The summed E-state index contributed by atoms with van der Waals surface area (Å²) in [6, 6.07) is 7.87. The summed E-state index contributed by atoms with van der Waals surface area (Å²) in [5.74, 6) is 0.457. The van der Waals surface area contributed by atoms with Crippen LogP contribution in [0.5, 0.6) is 0 Å². The molecule has 0 aliphatic carbocycles. The van der Waals surface area contributed by atoms with E-state index in [1.165, 1.54) is 0 Å². The lowest BCUT2D eigenvalue weighted by Crippen LogP contribution is -2.38. The summed E-state index contributed by atoms with van der Waals surface area (Å²) in [5.41, 5.74) is 0.986. The first-order valence-electron chi connectivity index (χ1n) is 6.51. The molecule has 0 fully saturated rings. The summed E-state index contributed by atoms with van der Waals surface area (Å²) in [6.45, 7) is 6.53. The second kappa shape index (κ2) is 5.66. The summed E-state index contributed by atoms with van der Waals surface area (Å²) in [4.78, 5) is 12.0. The molecule has 19 heavy (non-hydrogen) atoms. The fraction of sp³-hybridized carbons (Fsp3) is 0.400. The molecule has 0 bridgehead atoms. The lowest BCUT2D eigenvalue weighted by Gasteiger charge is -2.17. The Morgan fingerprint density at radius 2 is 2.05 bits per heavy atom. The van der Waals surface area contributed by atoms with Crippen molar-refractivity contribution in [1.82, 2.24) is 9.88 Å². The van der Waals surface area contributed by atoms with E-state index in [0.29, 0.717) is 17.5 Å². The molecular formula is C15H19ClN2O. The van der Waals surface area contributed by atoms with Crippen LogP contribution in [0.25, 0.3) is 10.9 Å². The lowest BCUT2D eigenvalue weighted by molar-refractivity contribution is -0.122. The number of amides is 1. The molecule has 2 aromatic rings. The third-order valence-corrected chi connectivity index (χ3v) is 3.67. The van der Waals surface area contributed by atoms with Crippen LogP contribution < -0.4 is 5.32 Å². The van der Waals surface area contributed by atoms with Crippen LogP contribution in [0.1, 0.15) is 20.8 Å². The van der Waals surface area contributed by atoms with Gasteiger partial charge in [0, 0.05) is 22.8 Å². The average Bonchev–Trinajstić information content (AvgIpc) is 2.71. The topological polar surface area (TPSA) is 34.0 Å². The van der Waals surface area contributed by atoms with Gasteiger partial charge in [0.15, 0.2) is 0 Å². The molecular weight excluding hydrogens is 260 g/mol. The monoisotopic (exact) mass is 278 g/mol. The highest BCUT2D eigenvalue weighted by Gasteiger charge is 2.12. The molecule has 4 heteroatoms. The third kappa shape index (κ3) is 3.29. The van der Waals surface area contributed by atoms with Crippen molar-refractivity contribution in [3.05, 3.63) is 35.5 Å². The second-order valence-corrected chi connectivity index (χ2v) is 5.68. The molecule has 2 rings (SSSR count). The van der Waals surface area contributed by atoms with Crippen LogP contribution >= 0.6 is 11.6 Å². The molecule has 1 N–H and O–H groups in total. The van der Waals surface area contributed by atoms with E-state index in [1.807, 2.05) is 42.0 Å². The van der Waals surface area contributed by atoms with E-state index in [9.17, 15) is 4.79 Å². The Bertz CT molecular complexity index is 589. The van der Waals surface area contributed by atoms with Crippen molar-refractivity contribution in [3.63, 3.8) is 0 Å². The number of aromatic nitrogens is 1. The van der Waals surface area contributed by atoms with Crippen molar-refractivity contribution in [2.75, 3.05) is 0 Å². The molecule has 1 aromatic heterocycles. The van der Waals surface area contributed by atoms with Gasteiger partial charge in [-0.3, -0.25) is 4.79 Å². The highest BCUT2D eigenvalue weighted by Crippen LogP contribution is 2.20. The van der Waals surface area contributed by atoms with Crippen molar-refractivity contribution in [2.45, 2.75) is 33.4 Å². The molecule has 0 saturated heterocycles. The highest BCUT2D eigenvalue weighted by atomic mass is 35.5. The van der Waals surface area contributed by atoms with Crippen LogP contribution in [-0.4, -0.2) is 16.5 Å². The molecule has 102 valence electrons. The summed E-state index contributed by atoms with van der Waals surface area (Å²) in [5, 5.41) is 4.78. The van der Waals surface area contributed by atoms with Gasteiger partial charge in [0.1, 0.15) is 6.54 Å². The van der Waals surface area contributed by atoms with Crippen LogP contribution in [0, 0.1) is 5.92 Å². The Morgan fingerprint density at radius 3 is 2.74 bits per heavy atom. The van der Waals surface area contributed by atoms with E-state index >= 15 is 0 Å². The summed E-state index contributed by atoms with van der Waals surface area (Å²) < 4.78 is 1.92. The van der Waals surface area contributed by atoms with Crippen LogP contribution in [0.3, 0.4) is 0 Å². The molecule has 0 saturated carbocycles. The number of carbonyl (C=O) groups is 1. The average molecular weight is 279 g/mol. The third-order valence-electron chi connectivity index (χ3n) is 3.44. The zero-order valence-corrected chi connectivity index (χ0v) is 12.2. The Labute approximate surface area is 118 Å². The van der Waals surface area contributed by atoms with Gasteiger partial charge in [-0.05, 0) is 36.4 Å². The van der Waals surface area contributed by atoms with E-state index < -0.39 is 0 Å². The maximum absolute atomic E-state index is 12.0. The van der Waals surface area contributed by atoms with Crippen LogP contribution in [0.2, 0.25) is 5.02 Å². The first-order valence-corrected chi connectivity index (χ1v) is 6.89. The van der Waals surface area contributed by atoms with Crippen molar-refractivity contribution >= 4 is 28.4 Å². The van der Waals surface area contributed by atoms with E-state index in [4.69, 9.17) is 11.6 Å². The molecule has 1 amide bonds. The van der Waals surface area contributed by atoms with E-state index in [2.05, 4.69) is 19.2 Å². The SMILES string of the molecule is CC(C)C(C)NC(=O)Cn1ccc2ccc(Cl)cc21. The number of fused-ring (bicyclic) bond motifs is 1. The van der Waals surface area contributed by atoms with Gasteiger partial charge < -0.3 is 9.88 Å². The summed E-state index contributed by atoms with van der Waals surface area (Å²) >= 11 is 6.00. The van der Waals surface area contributed by atoms with Crippen molar-refractivity contribution in [1.29, 1.82) is 0 Å². The zero-order chi connectivity index (χ0) is 14.0. The van der Waals surface area contributed by atoms with E-state index in [-0.39, 0.29) is 11.9 Å². The van der Waals surface area contributed by atoms with Gasteiger partial charge >= 0.3 is 0 Å². The minimum Gasteiger partial charge on any atom is -0.352 e. The van der Waals surface area contributed by atoms with Crippen LogP contribution in [0.4, 0.5) is 0 Å². The van der Waals surface area contributed by atoms with Gasteiger partial charge in [-0.15, -0.1) is 0 Å². The number of nitrogens with zero attached hydrogens (tertiary/aromatic N) is 1. The normalized spacial score (nSPS) is 12.9. The number of benzene rings is 1. The smallest absolute Gasteiger partial charge is 0.240 e. The maximum atomic E-state index is 12.0. The molecule has 3 nitrogen and oxygen atoms in total. The Balaban J connectivity index is 2.13. The van der Waals surface area contributed by atoms with E-state index in [0.717, 1.165) is 10.9 Å². The first-order chi connectivity index (χ1) is 8.97. The maximum Gasteiger partial charge on any atom is 0.240 e. The second-order valence-electron chi connectivity index (χ2n) is 5.25. The highest BCUT2D eigenvalue weighted by molar-refractivity contribution is 6.31. The summed E-state index contributed by atoms with van der Waals surface area (Å²) in [6.07, 6.45) is 1.92. The summed E-state index contributed by atoms with van der Waals surface area (Å²) in [7, 11) is 0. The number of halogens is 1. The van der Waals surface area contributed by atoms with Gasteiger partial charge in [0.05, 0.1) is 0 Å². The van der Waals surface area contributed by atoms with Crippen LogP contribution in [-0.2, 0) is 11.3 Å². The molecule has 1 aromatic carbocycles.